The van der Waals surface area contributed by atoms with Gasteiger partial charge in [-0.05, 0) is 41.0 Å². The monoisotopic (exact) mass is 337 g/mol. The fourth-order valence-electron chi connectivity index (χ4n) is 3.01. The maximum atomic E-state index is 13.8. The highest BCUT2D eigenvalue weighted by Crippen LogP contribution is 2.34. The molecule has 6 heteroatoms. The van der Waals surface area contributed by atoms with Crippen molar-refractivity contribution in [2.45, 2.75) is 6.54 Å². The first-order chi connectivity index (χ1) is 12.0. The van der Waals surface area contributed by atoms with Crippen LogP contribution >= 0.6 is 0 Å². The van der Waals surface area contributed by atoms with Gasteiger partial charge in [0.2, 0.25) is 5.95 Å². The number of hydrogen-bond donors (Lipinski definition) is 0. The van der Waals surface area contributed by atoms with Gasteiger partial charge >= 0.3 is 0 Å². The number of halogens is 2. The summed E-state index contributed by atoms with van der Waals surface area (Å²) in [6, 6.07) is 9.86. The van der Waals surface area contributed by atoms with Gasteiger partial charge < -0.3 is 4.90 Å². The first kappa shape index (κ1) is 15.4. The molecule has 4 nitrogen and oxygen atoms in total. The first-order valence-corrected chi connectivity index (χ1v) is 7.69. The fraction of sp³-hybridized carbons (Fsp3) is 0.105. The number of pyridine rings is 2. The largest absolute Gasteiger partial charge is 0.336 e. The zero-order valence-electron chi connectivity index (χ0n) is 13.3. The molecule has 0 unspecified atom stereocenters. The van der Waals surface area contributed by atoms with Crippen LogP contribution in [0, 0.1) is 11.8 Å². The van der Waals surface area contributed by atoms with E-state index in [1.807, 2.05) is 18.2 Å². The van der Waals surface area contributed by atoms with Crippen LogP contribution in [0.25, 0.3) is 22.3 Å². The summed E-state index contributed by atoms with van der Waals surface area (Å²) in [5, 5.41) is 0. The molecule has 0 radical (unpaired) electrons. The molecule has 1 aromatic carbocycles. The topological polar surface area (TPSA) is 46.1 Å². The Morgan fingerprint density at radius 3 is 2.52 bits per heavy atom. The van der Waals surface area contributed by atoms with E-state index in [1.54, 1.807) is 18.0 Å². The second-order valence-corrected chi connectivity index (χ2v) is 5.95. The number of hydrogen-bond acceptors (Lipinski definition) is 3. The van der Waals surface area contributed by atoms with Crippen molar-refractivity contribution in [3.05, 3.63) is 71.8 Å². The Hall–Kier alpha value is -3.15. The average Bonchev–Trinajstić information content (AvgIpc) is 2.71. The summed E-state index contributed by atoms with van der Waals surface area (Å²) in [6.07, 6.45) is 2.49. The van der Waals surface area contributed by atoms with Crippen molar-refractivity contribution in [1.29, 1.82) is 0 Å². The maximum absolute atomic E-state index is 13.8. The fourth-order valence-corrected chi connectivity index (χ4v) is 3.01. The van der Waals surface area contributed by atoms with Gasteiger partial charge in [0.05, 0.1) is 6.20 Å². The first-order valence-electron chi connectivity index (χ1n) is 7.69. The summed E-state index contributed by atoms with van der Waals surface area (Å²) >= 11 is 0. The highest BCUT2D eigenvalue weighted by molar-refractivity contribution is 6.00. The number of nitrogens with zero attached hydrogens (tertiary/aromatic N) is 3. The lowest BCUT2D eigenvalue weighted by atomic mass is 9.95. The summed E-state index contributed by atoms with van der Waals surface area (Å²) in [4.78, 5) is 21.7. The van der Waals surface area contributed by atoms with Crippen molar-refractivity contribution >= 4 is 5.91 Å². The molecule has 1 amide bonds. The van der Waals surface area contributed by atoms with Crippen LogP contribution in [0.15, 0.2) is 48.8 Å². The van der Waals surface area contributed by atoms with Crippen LogP contribution < -0.4 is 0 Å². The van der Waals surface area contributed by atoms with Crippen molar-refractivity contribution < 1.29 is 13.6 Å². The van der Waals surface area contributed by atoms with Crippen LogP contribution in [-0.4, -0.2) is 27.8 Å². The van der Waals surface area contributed by atoms with Gasteiger partial charge in [0.15, 0.2) is 0 Å². The van der Waals surface area contributed by atoms with Gasteiger partial charge in [0, 0.05) is 30.9 Å². The molecule has 0 saturated carbocycles. The molecular weight excluding hydrogens is 324 g/mol. The summed E-state index contributed by atoms with van der Waals surface area (Å²) in [7, 11) is 1.68. The van der Waals surface area contributed by atoms with E-state index in [2.05, 4.69) is 9.97 Å². The minimum Gasteiger partial charge on any atom is -0.336 e. The lowest BCUT2D eigenvalue weighted by molar-refractivity contribution is 0.0783. The molecule has 4 rings (SSSR count). The van der Waals surface area contributed by atoms with Gasteiger partial charge in [-0.1, -0.05) is 12.1 Å². The predicted octanol–water partition coefficient (Wildman–Crippen LogP) is 3.67. The molecule has 3 heterocycles. The Bertz CT molecular complexity index is 986. The molecule has 25 heavy (non-hydrogen) atoms. The second-order valence-electron chi connectivity index (χ2n) is 5.95. The molecule has 2 aromatic heterocycles. The van der Waals surface area contributed by atoms with Crippen LogP contribution in [0.4, 0.5) is 8.78 Å². The molecule has 0 spiro atoms. The third-order valence-electron chi connectivity index (χ3n) is 4.27. The molecule has 1 aliphatic heterocycles. The number of aromatic nitrogens is 2. The minimum atomic E-state index is -0.553. The lowest BCUT2D eigenvalue weighted by Gasteiger charge is -2.14. The number of amides is 1. The summed E-state index contributed by atoms with van der Waals surface area (Å²) in [5.74, 6) is -1.31. The third kappa shape index (κ3) is 2.65. The van der Waals surface area contributed by atoms with E-state index in [0.29, 0.717) is 12.1 Å². The molecule has 3 aromatic rings. The maximum Gasteiger partial charge on any atom is 0.273 e. The minimum absolute atomic E-state index is 0.219. The number of carbonyl (C=O) groups excluding carboxylic acids is 1. The quantitative estimate of drug-likeness (QED) is 0.637. The van der Waals surface area contributed by atoms with E-state index in [9.17, 15) is 13.6 Å². The van der Waals surface area contributed by atoms with Gasteiger partial charge in [-0.25, -0.2) is 14.4 Å². The number of benzene rings is 1. The Kier molecular flexibility index (Phi) is 3.53. The Morgan fingerprint density at radius 2 is 1.76 bits per heavy atom. The molecule has 1 aliphatic rings. The zero-order chi connectivity index (χ0) is 17.6. The Morgan fingerprint density at radius 1 is 0.960 bits per heavy atom. The SMILES string of the molecule is CN1Cc2ccc(-c3ccc(F)nc3)cc2-c2cc(F)cnc2C1=O. The van der Waals surface area contributed by atoms with Gasteiger partial charge in [-0.2, -0.15) is 4.39 Å². The number of carbonyl (C=O) groups is 1. The highest BCUT2D eigenvalue weighted by atomic mass is 19.1. The molecule has 0 fully saturated rings. The van der Waals surface area contributed by atoms with E-state index >= 15 is 0 Å². The Balaban J connectivity index is 1.94. The zero-order valence-corrected chi connectivity index (χ0v) is 13.3. The Labute approximate surface area is 142 Å². The summed E-state index contributed by atoms with van der Waals surface area (Å²) in [6.45, 7) is 0.397. The van der Waals surface area contributed by atoms with Crippen LogP contribution in [0.2, 0.25) is 0 Å². The van der Waals surface area contributed by atoms with Crippen molar-refractivity contribution in [3.63, 3.8) is 0 Å². The van der Waals surface area contributed by atoms with Gasteiger partial charge in [0.1, 0.15) is 11.5 Å². The smallest absolute Gasteiger partial charge is 0.273 e. The van der Waals surface area contributed by atoms with Crippen molar-refractivity contribution in [1.82, 2.24) is 14.9 Å². The molecule has 0 aliphatic carbocycles. The predicted molar refractivity (Wildman–Crippen MR) is 88.6 cm³/mol. The second kappa shape index (κ2) is 5.73. The lowest BCUT2D eigenvalue weighted by Crippen LogP contribution is -2.25. The van der Waals surface area contributed by atoms with Crippen LogP contribution in [-0.2, 0) is 6.54 Å². The van der Waals surface area contributed by atoms with E-state index in [4.69, 9.17) is 0 Å². The summed E-state index contributed by atoms with van der Waals surface area (Å²) < 4.78 is 26.8. The van der Waals surface area contributed by atoms with E-state index in [-0.39, 0.29) is 11.6 Å². The summed E-state index contributed by atoms with van der Waals surface area (Å²) in [5.41, 5.74) is 3.85. The van der Waals surface area contributed by atoms with Gasteiger partial charge in [-0.3, -0.25) is 4.79 Å². The van der Waals surface area contributed by atoms with Crippen molar-refractivity contribution in [3.8, 4) is 22.3 Å². The normalized spacial score (nSPS) is 13.2. The van der Waals surface area contributed by atoms with E-state index in [1.165, 1.54) is 18.3 Å². The van der Waals surface area contributed by atoms with Crippen LogP contribution in [0.3, 0.4) is 0 Å². The van der Waals surface area contributed by atoms with E-state index in [0.717, 1.165) is 28.5 Å². The van der Waals surface area contributed by atoms with Gasteiger partial charge in [0.25, 0.3) is 5.91 Å². The highest BCUT2D eigenvalue weighted by Gasteiger charge is 2.25. The number of fused-ring (bicyclic) bond motifs is 3. The standard InChI is InChI=1S/C19H13F2N3O/c1-24-10-13-3-2-11(12-4-5-17(21)22-8-12)6-15(13)16-7-14(20)9-23-18(16)19(24)25/h2-9H,10H2,1H3. The molecule has 124 valence electrons. The molecular formula is C19H13F2N3O. The average molecular weight is 337 g/mol. The number of rotatable bonds is 1. The third-order valence-corrected chi connectivity index (χ3v) is 4.27. The van der Waals surface area contributed by atoms with Crippen LogP contribution in [0.1, 0.15) is 16.1 Å². The van der Waals surface area contributed by atoms with E-state index < -0.39 is 11.8 Å². The molecule has 0 atom stereocenters. The molecule has 0 bridgehead atoms. The van der Waals surface area contributed by atoms with Crippen molar-refractivity contribution in [2.75, 3.05) is 7.05 Å². The van der Waals surface area contributed by atoms with Gasteiger partial charge in [-0.15, -0.1) is 0 Å². The molecule has 0 saturated heterocycles. The van der Waals surface area contributed by atoms with Crippen LogP contribution in [0.5, 0.6) is 0 Å². The van der Waals surface area contributed by atoms with Crippen molar-refractivity contribution in [2.24, 2.45) is 0 Å². The molecule has 0 N–H and O–H groups in total.